The van der Waals surface area contributed by atoms with E-state index in [1.165, 1.54) is 29.5 Å². The molecule has 1 saturated heterocycles. The number of hydrogen-bond acceptors (Lipinski definition) is 6. The minimum absolute atomic E-state index is 0.120. The van der Waals surface area contributed by atoms with Gasteiger partial charge in [0.2, 0.25) is 11.0 Å². The van der Waals surface area contributed by atoms with Crippen LogP contribution in [0.1, 0.15) is 26.2 Å². The summed E-state index contributed by atoms with van der Waals surface area (Å²) in [5.74, 6) is 0.211. The molecule has 0 aliphatic carbocycles. The number of nitrogens with zero attached hydrogens (tertiary/aromatic N) is 3. The lowest BCUT2D eigenvalue weighted by atomic mass is 10.1. The van der Waals surface area contributed by atoms with E-state index in [9.17, 15) is 4.79 Å². The predicted molar refractivity (Wildman–Crippen MR) is 95.4 cm³/mol. The lowest BCUT2D eigenvalue weighted by molar-refractivity contribution is -0.131. The minimum atomic E-state index is -0.120. The number of hydrogen-bond donors (Lipinski definition) is 1. The zero-order chi connectivity index (χ0) is 16.1. The van der Waals surface area contributed by atoms with E-state index in [1.807, 2.05) is 42.2 Å². The third-order valence-electron chi connectivity index (χ3n) is 3.72. The van der Waals surface area contributed by atoms with Crippen molar-refractivity contribution >= 4 is 39.8 Å². The molecule has 0 unspecified atom stereocenters. The minimum Gasteiger partial charge on any atom is -0.342 e. The normalized spacial score (nSPS) is 16.1. The average molecular weight is 348 g/mol. The molecular weight excluding hydrogens is 328 g/mol. The monoisotopic (exact) mass is 348 g/mol. The summed E-state index contributed by atoms with van der Waals surface area (Å²) >= 11 is 2.97. The molecule has 7 heteroatoms. The maximum Gasteiger partial charge on any atom is 0.235 e. The number of nitrogens with one attached hydrogen (secondary N) is 1. The van der Waals surface area contributed by atoms with E-state index in [0.29, 0.717) is 0 Å². The second-order valence-electron chi connectivity index (χ2n) is 5.51. The van der Waals surface area contributed by atoms with Crippen LogP contribution in [-0.4, -0.2) is 39.3 Å². The highest BCUT2D eigenvalue weighted by molar-refractivity contribution is 8.02. The smallest absolute Gasteiger partial charge is 0.235 e. The van der Waals surface area contributed by atoms with Gasteiger partial charge in [0.25, 0.3) is 0 Å². The maximum absolute atomic E-state index is 12.4. The van der Waals surface area contributed by atoms with Crippen LogP contribution in [0.5, 0.6) is 0 Å². The van der Waals surface area contributed by atoms with Crippen molar-refractivity contribution in [2.45, 2.75) is 35.8 Å². The van der Waals surface area contributed by atoms with Crippen molar-refractivity contribution in [2.75, 3.05) is 18.4 Å². The summed E-state index contributed by atoms with van der Waals surface area (Å²) in [4.78, 5) is 14.4. The highest BCUT2D eigenvalue weighted by Crippen LogP contribution is 2.31. The van der Waals surface area contributed by atoms with Crippen LogP contribution >= 0.6 is 23.1 Å². The molecule has 2 aromatic rings. The Morgan fingerprint density at radius 1 is 1.22 bits per heavy atom. The fourth-order valence-electron chi connectivity index (χ4n) is 2.53. The van der Waals surface area contributed by atoms with Crippen molar-refractivity contribution in [3.05, 3.63) is 30.3 Å². The van der Waals surface area contributed by atoms with Crippen LogP contribution in [0.3, 0.4) is 0 Å². The van der Waals surface area contributed by atoms with Crippen molar-refractivity contribution in [1.82, 2.24) is 15.1 Å². The number of aromatic nitrogens is 2. The molecule has 23 heavy (non-hydrogen) atoms. The van der Waals surface area contributed by atoms with E-state index in [1.54, 1.807) is 0 Å². The van der Waals surface area contributed by atoms with Gasteiger partial charge in [0.1, 0.15) is 0 Å². The Hall–Kier alpha value is -1.60. The van der Waals surface area contributed by atoms with E-state index in [-0.39, 0.29) is 11.2 Å². The molecule has 0 radical (unpaired) electrons. The standard InChI is InChI=1S/C16H20N4OS2/c1-12(14(21)20-10-6-3-7-11-20)22-16-19-18-15(23-16)17-13-8-4-2-5-9-13/h2,4-5,8-9,12H,3,6-7,10-11H2,1H3,(H,17,18)/t12-/m0/s1. The maximum atomic E-state index is 12.4. The molecule has 1 aromatic heterocycles. The fraction of sp³-hybridized carbons (Fsp3) is 0.438. The van der Waals surface area contributed by atoms with Gasteiger partial charge < -0.3 is 10.2 Å². The summed E-state index contributed by atoms with van der Waals surface area (Å²) in [6.07, 6.45) is 3.47. The lowest BCUT2D eigenvalue weighted by Gasteiger charge is -2.28. The lowest BCUT2D eigenvalue weighted by Crippen LogP contribution is -2.40. The Bertz CT molecular complexity index is 641. The fourth-order valence-corrected chi connectivity index (χ4v) is 4.53. The Balaban J connectivity index is 1.56. The number of benzene rings is 1. The molecule has 0 bridgehead atoms. The van der Waals surface area contributed by atoms with E-state index >= 15 is 0 Å². The van der Waals surface area contributed by atoms with Gasteiger partial charge in [-0.3, -0.25) is 4.79 Å². The second kappa shape index (κ2) is 7.79. The van der Waals surface area contributed by atoms with Gasteiger partial charge in [0.05, 0.1) is 5.25 Å². The van der Waals surface area contributed by atoms with Crippen LogP contribution in [0.2, 0.25) is 0 Å². The summed E-state index contributed by atoms with van der Waals surface area (Å²) in [6, 6.07) is 9.88. The number of amides is 1. The first-order valence-corrected chi connectivity index (χ1v) is 9.53. The molecule has 1 aromatic carbocycles. The van der Waals surface area contributed by atoms with Gasteiger partial charge in [-0.1, -0.05) is 41.3 Å². The molecule has 1 amide bonds. The summed E-state index contributed by atoms with van der Waals surface area (Å²) in [6.45, 7) is 3.73. The van der Waals surface area contributed by atoms with Gasteiger partial charge in [-0.25, -0.2) is 0 Å². The van der Waals surface area contributed by atoms with Crippen LogP contribution in [0.15, 0.2) is 34.7 Å². The molecule has 2 heterocycles. The van der Waals surface area contributed by atoms with Crippen LogP contribution in [0, 0.1) is 0 Å². The first-order chi connectivity index (χ1) is 11.2. The number of anilines is 2. The van der Waals surface area contributed by atoms with Crippen LogP contribution in [-0.2, 0) is 4.79 Å². The van der Waals surface area contributed by atoms with Gasteiger partial charge in [0.15, 0.2) is 4.34 Å². The molecule has 1 fully saturated rings. The third-order valence-corrected chi connectivity index (χ3v) is 5.74. The Morgan fingerprint density at radius 2 is 1.96 bits per heavy atom. The topological polar surface area (TPSA) is 58.1 Å². The SMILES string of the molecule is C[C@H](Sc1nnc(Nc2ccccc2)s1)C(=O)N1CCCCC1. The molecular formula is C16H20N4OS2. The number of piperidine rings is 1. The van der Waals surface area contributed by atoms with Crippen molar-refractivity contribution in [2.24, 2.45) is 0 Å². The largest absolute Gasteiger partial charge is 0.342 e. The van der Waals surface area contributed by atoms with Crippen molar-refractivity contribution in [1.29, 1.82) is 0 Å². The summed E-state index contributed by atoms with van der Waals surface area (Å²) < 4.78 is 0.821. The van der Waals surface area contributed by atoms with Crippen LogP contribution in [0.25, 0.3) is 0 Å². The Kier molecular flexibility index (Phi) is 5.51. The first-order valence-electron chi connectivity index (χ1n) is 7.83. The zero-order valence-corrected chi connectivity index (χ0v) is 14.7. The highest BCUT2D eigenvalue weighted by Gasteiger charge is 2.24. The molecule has 122 valence electrons. The Morgan fingerprint density at radius 3 is 2.70 bits per heavy atom. The van der Waals surface area contributed by atoms with Crippen molar-refractivity contribution in [3.63, 3.8) is 0 Å². The van der Waals surface area contributed by atoms with Crippen molar-refractivity contribution in [3.8, 4) is 0 Å². The second-order valence-corrected chi connectivity index (χ2v) is 8.08. The number of carbonyl (C=O) groups is 1. The van der Waals surface area contributed by atoms with Crippen LogP contribution in [0.4, 0.5) is 10.8 Å². The Labute approximate surface area is 144 Å². The molecule has 0 spiro atoms. The van der Waals surface area contributed by atoms with E-state index in [2.05, 4.69) is 15.5 Å². The molecule has 1 aliphatic rings. The number of rotatable bonds is 5. The van der Waals surface area contributed by atoms with Gasteiger partial charge in [-0.05, 0) is 38.3 Å². The average Bonchev–Trinajstić information content (AvgIpc) is 3.02. The van der Waals surface area contributed by atoms with Gasteiger partial charge in [0, 0.05) is 18.8 Å². The third kappa shape index (κ3) is 4.45. The van der Waals surface area contributed by atoms with Gasteiger partial charge in [-0.15, -0.1) is 10.2 Å². The van der Waals surface area contributed by atoms with Gasteiger partial charge in [-0.2, -0.15) is 0 Å². The van der Waals surface area contributed by atoms with Crippen LogP contribution < -0.4 is 5.32 Å². The highest BCUT2D eigenvalue weighted by atomic mass is 32.2. The van der Waals surface area contributed by atoms with E-state index < -0.39 is 0 Å². The number of likely N-dealkylation sites (tertiary alicyclic amines) is 1. The summed E-state index contributed by atoms with van der Waals surface area (Å²) in [5.41, 5.74) is 0.984. The molecule has 1 aliphatic heterocycles. The van der Waals surface area contributed by atoms with E-state index in [0.717, 1.165) is 41.1 Å². The van der Waals surface area contributed by atoms with Gasteiger partial charge >= 0.3 is 0 Å². The number of para-hydroxylation sites is 1. The molecule has 1 atom stereocenters. The number of carbonyl (C=O) groups excluding carboxylic acids is 1. The molecule has 5 nitrogen and oxygen atoms in total. The number of thioether (sulfide) groups is 1. The zero-order valence-electron chi connectivity index (χ0n) is 13.1. The summed E-state index contributed by atoms with van der Waals surface area (Å²) in [5, 5.41) is 12.2. The molecule has 3 rings (SSSR count). The van der Waals surface area contributed by atoms with Crippen molar-refractivity contribution < 1.29 is 4.79 Å². The molecule has 0 saturated carbocycles. The molecule has 1 N–H and O–H groups in total. The summed E-state index contributed by atoms with van der Waals surface area (Å²) in [7, 11) is 0. The predicted octanol–water partition coefficient (Wildman–Crippen LogP) is 3.77. The quantitative estimate of drug-likeness (QED) is 0.834. The first kappa shape index (κ1) is 16.3. The van der Waals surface area contributed by atoms with E-state index in [4.69, 9.17) is 0 Å².